The van der Waals surface area contributed by atoms with Crippen molar-refractivity contribution in [1.29, 1.82) is 5.26 Å². The second-order valence-electron chi connectivity index (χ2n) is 4.34. The van der Waals surface area contributed by atoms with E-state index in [1.165, 1.54) is 6.07 Å². The van der Waals surface area contributed by atoms with Crippen molar-refractivity contribution in [3.63, 3.8) is 0 Å². The van der Waals surface area contributed by atoms with Crippen LogP contribution in [-0.4, -0.2) is 31.8 Å². The highest BCUT2D eigenvalue weighted by atomic mass is 16.6. The Morgan fingerprint density at radius 2 is 2.24 bits per heavy atom. The van der Waals surface area contributed by atoms with E-state index in [1.54, 1.807) is 19.2 Å². The number of nitrogens with zero attached hydrogens (tertiary/aromatic N) is 2. The van der Waals surface area contributed by atoms with Gasteiger partial charge < -0.3 is 14.8 Å². The van der Waals surface area contributed by atoms with Crippen LogP contribution in [0.25, 0.3) is 0 Å². The molecule has 0 unspecified atom stereocenters. The van der Waals surface area contributed by atoms with Crippen molar-refractivity contribution in [3.8, 4) is 11.8 Å². The number of nitrogens with one attached hydrogen (secondary N) is 1. The maximum absolute atomic E-state index is 11.0. The first-order valence-electron chi connectivity index (χ1n) is 6.65. The van der Waals surface area contributed by atoms with E-state index in [-0.39, 0.29) is 18.0 Å². The highest BCUT2D eigenvalue weighted by Crippen LogP contribution is 2.28. The van der Waals surface area contributed by atoms with Crippen LogP contribution in [0.15, 0.2) is 18.2 Å². The molecular formula is C14H19N3O4. The molecule has 0 spiro atoms. The summed E-state index contributed by atoms with van der Waals surface area (Å²) in [7, 11) is 1.63. The van der Waals surface area contributed by atoms with Crippen molar-refractivity contribution in [2.75, 3.05) is 26.9 Å². The van der Waals surface area contributed by atoms with Crippen molar-refractivity contribution in [3.05, 3.63) is 33.9 Å². The lowest BCUT2D eigenvalue weighted by molar-refractivity contribution is -0.385. The third kappa shape index (κ3) is 6.21. The van der Waals surface area contributed by atoms with Crippen LogP contribution in [0.4, 0.5) is 5.69 Å². The first kappa shape index (κ1) is 16.9. The summed E-state index contributed by atoms with van der Waals surface area (Å²) >= 11 is 0. The Morgan fingerprint density at radius 1 is 1.43 bits per heavy atom. The van der Waals surface area contributed by atoms with E-state index in [4.69, 9.17) is 14.7 Å². The summed E-state index contributed by atoms with van der Waals surface area (Å²) < 4.78 is 10.4. The molecule has 0 aliphatic carbocycles. The van der Waals surface area contributed by atoms with E-state index in [0.717, 1.165) is 5.56 Å². The molecule has 114 valence electrons. The average molecular weight is 293 g/mol. The molecule has 7 nitrogen and oxygen atoms in total. The molecule has 0 amide bonds. The van der Waals surface area contributed by atoms with Crippen LogP contribution in [0.5, 0.6) is 5.75 Å². The molecule has 0 bridgehead atoms. The smallest absolute Gasteiger partial charge is 0.310 e. The monoisotopic (exact) mass is 293 g/mol. The minimum absolute atomic E-state index is 0.0624. The van der Waals surface area contributed by atoms with Gasteiger partial charge in [-0.3, -0.25) is 10.1 Å². The molecular weight excluding hydrogens is 274 g/mol. The van der Waals surface area contributed by atoms with Crippen molar-refractivity contribution in [2.24, 2.45) is 0 Å². The number of methoxy groups -OCH3 is 1. The molecule has 0 heterocycles. The third-order valence-electron chi connectivity index (χ3n) is 2.72. The zero-order valence-corrected chi connectivity index (χ0v) is 12.0. The maximum atomic E-state index is 11.0. The Balaban J connectivity index is 2.66. The number of hydrogen-bond acceptors (Lipinski definition) is 6. The highest BCUT2D eigenvalue weighted by molar-refractivity contribution is 5.48. The van der Waals surface area contributed by atoms with E-state index in [9.17, 15) is 10.1 Å². The van der Waals surface area contributed by atoms with Gasteiger partial charge in [-0.15, -0.1) is 0 Å². The fourth-order valence-electron chi connectivity index (χ4n) is 1.68. The second kappa shape index (κ2) is 9.69. The summed E-state index contributed by atoms with van der Waals surface area (Å²) in [6.07, 6.45) is 0.913. The van der Waals surface area contributed by atoms with E-state index < -0.39 is 4.92 Å². The van der Waals surface area contributed by atoms with Crippen LogP contribution < -0.4 is 10.1 Å². The van der Waals surface area contributed by atoms with Gasteiger partial charge in [-0.2, -0.15) is 5.26 Å². The zero-order valence-electron chi connectivity index (χ0n) is 12.0. The van der Waals surface area contributed by atoms with Gasteiger partial charge in [0.2, 0.25) is 0 Å². The number of rotatable bonds is 10. The van der Waals surface area contributed by atoms with Crippen molar-refractivity contribution in [1.82, 2.24) is 5.32 Å². The van der Waals surface area contributed by atoms with E-state index in [1.807, 2.05) is 6.07 Å². The number of nitro groups is 1. The quantitative estimate of drug-likeness (QED) is 0.402. The van der Waals surface area contributed by atoms with Crippen LogP contribution in [0.2, 0.25) is 0 Å². The van der Waals surface area contributed by atoms with Gasteiger partial charge >= 0.3 is 5.69 Å². The molecule has 0 aromatic heterocycles. The lowest BCUT2D eigenvalue weighted by Crippen LogP contribution is -2.18. The largest absolute Gasteiger partial charge is 0.487 e. The minimum Gasteiger partial charge on any atom is -0.487 e. The van der Waals surface area contributed by atoms with Crippen molar-refractivity contribution < 1.29 is 14.4 Å². The van der Waals surface area contributed by atoms with Crippen LogP contribution in [0.1, 0.15) is 18.4 Å². The van der Waals surface area contributed by atoms with Gasteiger partial charge in [0, 0.05) is 32.7 Å². The summed E-state index contributed by atoms with van der Waals surface area (Å²) in [5.74, 6) is 0.240. The number of hydrogen-bond donors (Lipinski definition) is 1. The summed E-state index contributed by atoms with van der Waals surface area (Å²) in [4.78, 5) is 10.5. The molecule has 0 saturated heterocycles. The van der Waals surface area contributed by atoms with Crippen LogP contribution in [0, 0.1) is 21.4 Å². The molecule has 0 fully saturated rings. The lowest BCUT2D eigenvalue weighted by atomic mass is 10.2. The molecule has 7 heteroatoms. The summed E-state index contributed by atoms with van der Waals surface area (Å²) in [6.45, 7) is 2.17. The summed E-state index contributed by atoms with van der Waals surface area (Å²) in [5.41, 5.74) is 0.833. The molecule has 0 saturated carbocycles. The predicted molar refractivity (Wildman–Crippen MR) is 77.0 cm³/mol. The van der Waals surface area contributed by atoms with Crippen LogP contribution >= 0.6 is 0 Å². The molecule has 0 aliphatic rings. The second-order valence-corrected chi connectivity index (χ2v) is 4.34. The molecule has 1 aromatic rings. The molecule has 1 rings (SSSR count). The van der Waals surface area contributed by atoms with E-state index >= 15 is 0 Å². The third-order valence-corrected chi connectivity index (χ3v) is 2.72. The number of unbranched alkanes of at least 4 members (excludes halogenated alkanes) is 1. The standard InChI is InChI=1S/C14H19N3O4/c1-20-9-7-16-11-12-4-5-13(17(18)19)14(10-12)21-8-3-2-6-15/h4-5,10,16H,2-3,7-9,11H2,1H3. The zero-order chi connectivity index (χ0) is 15.5. The molecule has 0 radical (unpaired) electrons. The van der Waals surface area contributed by atoms with Gasteiger partial charge in [0.25, 0.3) is 0 Å². The Bertz CT molecular complexity index is 499. The van der Waals surface area contributed by atoms with Crippen LogP contribution in [-0.2, 0) is 11.3 Å². The first-order valence-corrected chi connectivity index (χ1v) is 6.65. The normalized spacial score (nSPS) is 10.1. The van der Waals surface area contributed by atoms with Crippen LogP contribution in [0.3, 0.4) is 0 Å². The molecule has 0 aliphatic heterocycles. The Morgan fingerprint density at radius 3 is 2.90 bits per heavy atom. The van der Waals surface area contributed by atoms with Gasteiger partial charge in [0.05, 0.1) is 24.2 Å². The fraction of sp³-hybridized carbons (Fsp3) is 0.500. The van der Waals surface area contributed by atoms with Gasteiger partial charge in [0.1, 0.15) is 0 Å². The highest BCUT2D eigenvalue weighted by Gasteiger charge is 2.15. The number of ether oxygens (including phenoxy) is 2. The summed E-state index contributed by atoms with van der Waals surface area (Å²) in [5, 5.41) is 22.6. The fourth-order valence-corrected chi connectivity index (χ4v) is 1.68. The first-order chi connectivity index (χ1) is 10.2. The van der Waals surface area contributed by atoms with E-state index in [2.05, 4.69) is 5.32 Å². The van der Waals surface area contributed by atoms with Crippen molar-refractivity contribution >= 4 is 5.69 Å². The molecule has 1 N–H and O–H groups in total. The lowest BCUT2D eigenvalue weighted by Gasteiger charge is -2.09. The van der Waals surface area contributed by atoms with Gasteiger partial charge in [0.15, 0.2) is 5.75 Å². The summed E-state index contributed by atoms with van der Waals surface area (Å²) in [6, 6.07) is 6.80. The molecule has 0 atom stereocenters. The predicted octanol–water partition coefficient (Wildman–Crippen LogP) is 2.01. The average Bonchev–Trinajstić information content (AvgIpc) is 2.48. The Kier molecular flexibility index (Phi) is 7.79. The Labute approximate surface area is 123 Å². The molecule has 21 heavy (non-hydrogen) atoms. The topological polar surface area (TPSA) is 97.4 Å². The SMILES string of the molecule is COCCNCc1ccc([N+](=O)[O-])c(OCCCC#N)c1. The minimum atomic E-state index is -0.470. The maximum Gasteiger partial charge on any atom is 0.310 e. The van der Waals surface area contributed by atoms with Gasteiger partial charge in [-0.05, 0) is 18.1 Å². The number of benzene rings is 1. The van der Waals surface area contributed by atoms with Crippen molar-refractivity contribution in [2.45, 2.75) is 19.4 Å². The number of nitriles is 1. The number of nitro benzene ring substituents is 1. The van der Waals surface area contributed by atoms with Gasteiger partial charge in [-0.1, -0.05) is 6.07 Å². The Hall–Kier alpha value is -2.17. The van der Waals surface area contributed by atoms with Gasteiger partial charge in [-0.25, -0.2) is 0 Å². The molecule has 1 aromatic carbocycles. The van der Waals surface area contributed by atoms with E-state index in [0.29, 0.717) is 32.5 Å².